The molecule has 6 heterocycles. The van der Waals surface area contributed by atoms with Gasteiger partial charge in [0.15, 0.2) is 11.4 Å². The number of hydrogen-bond acceptors (Lipinski definition) is 11. The number of benzene rings is 1. The maximum absolute atomic E-state index is 14.1. The number of amides is 3. The van der Waals surface area contributed by atoms with Gasteiger partial charge in [-0.05, 0) is 112 Å². The topological polar surface area (TPSA) is 180 Å². The third-order valence-corrected chi connectivity index (χ3v) is 12.9. The molecule has 1 aromatic carbocycles. The Labute approximate surface area is 375 Å². The number of carbonyl (C=O) groups is 3. The summed E-state index contributed by atoms with van der Waals surface area (Å²) in [7, 11) is 0. The minimum Gasteiger partial charge on any atom is -0.444 e. The minimum atomic E-state index is -2.86. The molecule has 2 saturated carbocycles. The van der Waals surface area contributed by atoms with Crippen LogP contribution in [-0.4, -0.2) is 80.0 Å². The molecule has 6 aromatic rings. The summed E-state index contributed by atoms with van der Waals surface area (Å²) in [5.74, 6) is 0.972. The Kier molecular flexibility index (Phi) is 13.9. The standard InChI is InChI=1S/C48H55F2N9O6/c49-44(50)43-36(54-46(61)37-29-65-48(55-37)33-19-21-51-40(26-33)53-27-31-11-12-31)28-58(57-43)34-15-13-30(14-16-34)6-1-2-22-63-24-25-64-23-5-8-32-7-3-10-38-42(32)35-9-4-20-52-45(35)59(38)39-17-18-41(60)56-47(39)62/h3-4,7,9-10,19-21,26,28-31,34,39,44H,1-2,5-6,8,11-18,22-25,27H2,(H,51,53)(H,54,61)(H,56,60,62). The molecular weight excluding hydrogens is 837 g/mol. The van der Waals surface area contributed by atoms with Gasteiger partial charge in [-0.25, -0.2) is 23.7 Å². The number of pyridine rings is 2. The molecule has 1 aliphatic heterocycles. The molecule has 3 aliphatic rings. The average molecular weight is 892 g/mol. The van der Waals surface area contributed by atoms with Crippen LogP contribution in [0.3, 0.4) is 0 Å². The molecule has 1 unspecified atom stereocenters. The molecule has 65 heavy (non-hydrogen) atoms. The summed E-state index contributed by atoms with van der Waals surface area (Å²) in [6.45, 7) is 3.17. The van der Waals surface area contributed by atoms with Crippen molar-refractivity contribution in [3.8, 4) is 11.5 Å². The fraction of sp³-hybridized carbons (Fsp3) is 0.479. The summed E-state index contributed by atoms with van der Waals surface area (Å²) in [6.07, 6.45) is 14.8. The van der Waals surface area contributed by atoms with Gasteiger partial charge in [0.25, 0.3) is 12.3 Å². The highest BCUT2D eigenvalue weighted by atomic mass is 19.3. The van der Waals surface area contributed by atoms with E-state index in [0.29, 0.717) is 62.5 Å². The third kappa shape index (κ3) is 10.6. The van der Waals surface area contributed by atoms with E-state index < -0.39 is 24.1 Å². The molecule has 0 radical (unpaired) electrons. The van der Waals surface area contributed by atoms with Gasteiger partial charge in [0.05, 0.1) is 30.5 Å². The maximum atomic E-state index is 14.1. The number of oxazole rings is 1. The van der Waals surface area contributed by atoms with E-state index >= 15 is 0 Å². The summed E-state index contributed by atoms with van der Waals surface area (Å²) >= 11 is 0. The molecule has 9 rings (SSSR count). The number of alkyl halides is 2. The number of unbranched alkanes of at least 4 members (excludes halogenated alkanes) is 1. The average Bonchev–Trinajstić information content (AvgIpc) is 3.67. The molecule has 0 spiro atoms. The van der Waals surface area contributed by atoms with Gasteiger partial charge in [-0.2, -0.15) is 5.10 Å². The summed E-state index contributed by atoms with van der Waals surface area (Å²) < 4.78 is 49.2. The van der Waals surface area contributed by atoms with Gasteiger partial charge in [0.1, 0.15) is 23.8 Å². The van der Waals surface area contributed by atoms with Crippen molar-refractivity contribution in [3.05, 3.63) is 84.3 Å². The second-order valence-electron chi connectivity index (χ2n) is 17.5. The fourth-order valence-electron chi connectivity index (χ4n) is 9.25. The van der Waals surface area contributed by atoms with Gasteiger partial charge in [-0.1, -0.05) is 25.0 Å². The van der Waals surface area contributed by atoms with Crippen LogP contribution in [-0.2, 0) is 25.5 Å². The molecule has 3 amide bonds. The predicted octanol–water partition coefficient (Wildman–Crippen LogP) is 8.99. The van der Waals surface area contributed by atoms with Crippen LogP contribution < -0.4 is 16.0 Å². The first-order chi connectivity index (χ1) is 31.8. The largest absolute Gasteiger partial charge is 0.444 e. The Morgan fingerprint density at radius 1 is 0.908 bits per heavy atom. The molecule has 342 valence electrons. The summed E-state index contributed by atoms with van der Waals surface area (Å²) in [4.78, 5) is 51.1. The predicted molar refractivity (Wildman–Crippen MR) is 240 cm³/mol. The van der Waals surface area contributed by atoms with Crippen molar-refractivity contribution in [1.82, 2.24) is 34.6 Å². The first-order valence-corrected chi connectivity index (χ1v) is 23.0. The zero-order valence-corrected chi connectivity index (χ0v) is 36.4. The smallest absolute Gasteiger partial charge is 0.284 e. The monoisotopic (exact) mass is 891 g/mol. The molecule has 1 atom stereocenters. The van der Waals surface area contributed by atoms with E-state index in [2.05, 4.69) is 42.1 Å². The molecular formula is C48H55F2N9O6. The Balaban J connectivity index is 0.663. The molecule has 17 heteroatoms. The van der Waals surface area contributed by atoms with Crippen LogP contribution in [0, 0.1) is 11.8 Å². The van der Waals surface area contributed by atoms with Crippen molar-refractivity contribution in [2.24, 2.45) is 11.8 Å². The molecule has 0 bridgehead atoms. The zero-order valence-electron chi connectivity index (χ0n) is 36.4. The van der Waals surface area contributed by atoms with Crippen LogP contribution in [0.25, 0.3) is 33.4 Å². The normalized spacial score (nSPS) is 19.0. The molecule has 3 N–H and O–H groups in total. The third-order valence-electron chi connectivity index (χ3n) is 12.9. The number of ether oxygens (including phenoxy) is 2. The lowest BCUT2D eigenvalue weighted by molar-refractivity contribution is -0.135. The SMILES string of the molecule is O=C1CCC(n2c3cccc(CCCOCCOCCCCC4CCC(n5cc(NC(=O)c6coc(-c7ccnc(NCC8CC8)c7)n6)c(C(F)F)n5)CC4)c3c3cccnc32)C(=O)N1. The number of aryl methyl sites for hydroxylation is 1. The van der Waals surface area contributed by atoms with Gasteiger partial charge in [0.2, 0.25) is 17.7 Å². The number of aromatic nitrogens is 6. The Hall–Kier alpha value is -6.07. The molecule has 1 saturated heterocycles. The molecule has 2 aliphatic carbocycles. The first-order valence-electron chi connectivity index (χ1n) is 23.0. The van der Waals surface area contributed by atoms with Crippen LogP contribution in [0.5, 0.6) is 0 Å². The number of halogens is 2. The summed E-state index contributed by atoms with van der Waals surface area (Å²) in [5, 5.41) is 14.7. The Morgan fingerprint density at radius 2 is 1.72 bits per heavy atom. The van der Waals surface area contributed by atoms with Crippen molar-refractivity contribution in [2.45, 2.75) is 102 Å². The molecule has 5 aromatic heterocycles. The number of carbonyl (C=O) groups excluding carboxylic acids is 3. The second kappa shape index (κ2) is 20.4. The fourth-order valence-corrected chi connectivity index (χ4v) is 9.25. The van der Waals surface area contributed by atoms with Gasteiger partial charge in [0, 0.05) is 61.1 Å². The van der Waals surface area contributed by atoms with Gasteiger partial charge in [-0.3, -0.25) is 24.4 Å². The van der Waals surface area contributed by atoms with Crippen molar-refractivity contribution in [3.63, 3.8) is 0 Å². The highest BCUT2D eigenvalue weighted by molar-refractivity contribution is 6.10. The van der Waals surface area contributed by atoms with Crippen LogP contribution >= 0.6 is 0 Å². The van der Waals surface area contributed by atoms with Crippen molar-refractivity contribution >= 4 is 51.2 Å². The van der Waals surface area contributed by atoms with Crippen LogP contribution in [0.2, 0.25) is 0 Å². The van der Waals surface area contributed by atoms with Crippen LogP contribution in [0.1, 0.15) is 117 Å². The number of nitrogens with one attached hydrogen (secondary N) is 3. The van der Waals surface area contributed by atoms with E-state index in [1.807, 2.05) is 28.8 Å². The van der Waals surface area contributed by atoms with E-state index in [1.165, 1.54) is 30.9 Å². The molecule has 3 fully saturated rings. The van der Waals surface area contributed by atoms with Crippen LogP contribution in [0.15, 0.2) is 71.7 Å². The lowest BCUT2D eigenvalue weighted by atomic mass is 9.83. The quantitative estimate of drug-likeness (QED) is 0.0464. The van der Waals surface area contributed by atoms with E-state index in [4.69, 9.17) is 13.9 Å². The summed E-state index contributed by atoms with van der Waals surface area (Å²) in [6, 6.07) is 13.1. The Bertz CT molecular complexity index is 2610. The number of anilines is 2. The van der Waals surface area contributed by atoms with Crippen LogP contribution in [0.4, 0.5) is 20.3 Å². The van der Waals surface area contributed by atoms with E-state index in [9.17, 15) is 23.2 Å². The maximum Gasteiger partial charge on any atom is 0.284 e. The summed E-state index contributed by atoms with van der Waals surface area (Å²) in [5.41, 5.74) is 2.99. The minimum absolute atomic E-state index is 0.0239. The molecule has 15 nitrogen and oxygen atoms in total. The number of imide groups is 1. The number of hydrogen-bond donors (Lipinski definition) is 3. The number of fused-ring (bicyclic) bond motifs is 3. The first kappa shape index (κ1) is 44.1. The number of nitrogens with zero attached hydrogens (tertiary/aromatic N) is 6. The number of piperidine rings is 1. The van der Waals surface area contributed by atoms with E-state index in [-0.39, 0.29) is 35.1 Å². The van der Waals surface area contributed by atoms with Crippen molar-refractivity contribution < 1.29 is 37.1 Å². The Morgan fingerprint density at radius 3 is 2.52 bits per heavy atom. The number of rotatable bonds is 21. The van der Waals surface area contributed by atoms with E-state index in [0.717, 1.165) is 86.3 Å². The van der Waals surface area contributed by atoms with E-state index in [1.54, 1.807) is 29.2 Å². The second-order valence-corrected chi connectivity index (χ2v) is 17.5. The van der Waals surface area contributed by atoms with Crippen molar-refractivity contribution in [2.75, 3.05) is 43.6 Å². The van der Waals surface area contributed by atoms with Crippen molar-refractivity contribution in [1.29, 1.82) is 0 Å². The zero-order chi connectivity index (χ0) is 44.7. The van der Waals surface area contributed by atoms with Gasteiger partial charge < -0.3 is 29.1 Å². The van der Waals surface area contributed by atoms with Gasteiger partial charge >= 0.3 is 0 Å². The van der Waals surface area contributed by atoms with Gasteiger partial charge in [-0.15, -0.1) is 0 Å². The highest BCUT2D eigenvalue weighted by Crippen LogP contribution is 2.38. The lowest BCUT2D eigenvalue weighted by Crippen LogP contribution is -2.41. The lowest BCUT2D eigenvalue weighted by Gasteiger charge is -2.28. The highest BCUT2D eigenvalue weighted by Gasteiger charge is 2.32.